The van der Waals surface area contributed by atoms with E-state index in [-0.39, 0.29) is 42.9 Å². The first kappa shape index (κ1) is 31.0. The van der Waals surface area contributed by atoms with Crippen LogP contribution < -0.4 is 35.1 Å². The fourth-order valence-electron chi connectivity index (χ4n) is 4.39. The Labute approximate surface area is 248 Å². The number of methoxy groups -OCH3 is 3. The number of nitrogens with zero attached hydrogens (tertiary/aromatic N) is 2. The average Bonchev–Trinajstić information content (AvgIpc) is 3.46. The van der Waals surface area contributed by atoms with Crippen molar-refractivity contribution in [2.45, 2.75) is 37.4 Å². The molecule has 0 atom stereocenters. The Morgan fingerprint density at radius 3 is 2.50 bits per heavy atom. The Bertz CT molecular complexity index is 1460. The van der Waals surface area contributed by atoms with Crippen LogP contribution in [-0.2, 0) is 27.3 Å². The van der Waals surface area contributed by atoms with E-state index in [4.69, 9.17) is 23.7 Å². The zero-order valence-electron chi connectivity index (χ0n) is 24.0. The van der Waals surface area contributed by atoms with E-state index in [9.17, 15) is 14.4 Å². The van der Waals surface area contributed by atoms with Crippen molar-refractivity contribution in [1.82, 2.24) is 20.2 Å². The molecule has 0 spiro atoms. The first-order valence-electron chi connectivity index (χ1n) is 13.6. The first-order chi connectivity index (χ1) is 20.4. The van der Waals surface area contributed by atoms with E-state index in [0.717, 1.165) is 5.56 Å². The third-order valence-electron chi connectivity index (χ3n) is 6.56. The van der Waals surface area contributed by atoms with Crippen LogP contribution in [0.1, 0.15) is 24.8 Å². The Balaban J connectivity index is 1.38. The minimum atomic E-state index is -0.268. The highest BCUT2D eigenvalue weighted by molar-refractivity contribution is 7.99. The van der Waals surface area contributed by atoms with Crippen LogP contribution in [0.15, 0.2) is 40.3 Å². The molecule has 0 unspecified atom stereocenters. The molecule has 2 heterocycles. The lowest BCUT2D eigenvalue weighted by Crippen LogP contribution is -2.29. The Morgan fingerprint density at radius 1 is 0.976 bits per heavy atom. The van der Waals surface area contributed by atoms with Crippen LogP contribution in [0, 0.1) is 0 Å². The summed E-state index contributed by atoms with van der Waals surface area (Å²) in [5.41, 5.74) is 1.19. The third kappa shape index (κ3) is 8.07. The zero-order chi connectivity index (χ0) is 29.9. The van der Waals surface area contributed by atoms with Crippen LogP contribution in [0.3, 0.4) is 0 Å². The van der Waals surface area contributed by atoms with Crippen molar-refractivity contribution in [3.8, 4) is 23.0 Å². The normalized spacial score (nSPS) is 11.9. The van der Waals surface area contributed by atoms with Gasteiger partial charge in [0.25, 0.3) is 5.56 Å². The number of carbonyl (C=O) groups excluding carboxylic acids is 2. The molecule has 2 amide bonds. The average molecular weight is 601 g/mol. The molecule has 13 heteroatoms. The molecule has 0 saturated carbocycles. The van der Waals surface area contributed by atoms with Gasteiger partial charge in [0.15, 0.2) is 28.2 Å². The molecule has 12 nitrogen and oxygen atoms in total. The van der Waals surface area contributed by atoms with Gasteiger partial charge >= 0.3 is 0 Å². The van der Waals surface area contributed by atoms with Crippen molar-refractivity contribution in [2.75, 3.05) is 53.6 Å². The van der Waals surface area contributed by atoms with Crippen LogP contribution in [0.2, 0.25) is 0 Å². The number of carbonyl (C=O) groups is 2. The standard InChI is InChI=1S/C29H36N4O8S/c1-37-13-5-10-30-27(35)17-42-29-32-21-16-25-24(40-18-41-25)15-20(21)28(36)33(29)12-4-6-26(34)31-11-9-19-7-8-22(38-2)23(14-19)39-3/h7-8,14-16H,4-6,9-13,17-18H2,1-3H3,(H,30,35)(H,31,34). The summed E-state index contributed by atoms with van der Waals surface area (Å²) in [6.45, 7) is 1.84. The minimum Gasteiger partial charge on any atom is -0.493 e. The van der Waals surface area contributed by atoms with Gasteiger partial charge < -0.3 is 34.3 Å². The quantitative estimate of drug-likeness (QED) is 0.143. The predicted octanol–water partition coefficient (Wildman–Crippen LogP) is 2.53. The van der Waals surface area contributed by atoms with Gasteiger partial charge in [-0.1, -0.05) is 17.8 Å². The van der Waals surface area contributed by atoms with E-state index in [2.05, 4.69) is 15.6 Å². The topological polar surface area (TPSA) is 139 Å². The van der Waals surface area contributed by atoms with Gasteiger partial charge in [-0.25, -0.2) is 4.98 Å². The summed E-state index contributed by atoms with van der Waals surface area (Å²) in [5, 5.41) is 6.54. The number of hydrogen-bond acceptors (Lipinski definition) is 10. The second-order valence-electron chi connectivity index (χ2n) is 9.45. The molecule has 1 aliphatic rings. The number of nitrogens with one attached hydrogen (secondary N) is 2. The van der Waals surface area contributed by atoms with Gasteiger partial charge in [-0.3, -0.25) is 19.0 Å². The molecule has 3 aromatic rings. The number of aromatic nitrogens is 2. The number of benzene rings is 2. The van der Waals surface area contributed by atoms with Crippen LogP contribution in [0.4, 0.5) is 0 Å². The Hall–Kier alpha value is -3.97. The molecule has 2 aromatic carbocycles. The van der Waals surface area contributed by atoms with Gasteiger partial charge in [-0.05, 0) is 43.0 Å². The molecule has 0 fully saturated rings. The lowest BCUT2D eigenvalue weighted by atomic mass is 10.1. The lowest BCUT2D eigenvalue weighted by Gasteiger charge is -2.14. The van der Waals surface area contributed by atoms with Gasteiger partial charge in [0.05, 0.1) is 30.9 Å². The minimum absolute atomic E-state index is 0.0752. The van der Waals surface area contributed by atoms with Crippen molar-refractivity contribution in [3.05, 3.63) is 46.2 Å². The molecular formula is C29H36N4O8S. The fourth-order valence-corrected chi connectivity index (χ4v) is 5.25. The largest absolute Gasteiger partial charge is 0.493 e. The summed E-state index contributed by atoms with van der Waals surface area (Å²) in [7, 11) is 4.77. The molecule has 4 rings (SSSR count). The second kappa shape index (κ2) is 15.3. The highest BCUT2D eigenvalue weighted by atomic mass is 32.2. The lowest BCUT2D eigenvalue weighted by molar-refractivity contribution is -0.121. The first-order valence-corrected chi connectivity index (χ1v) is 14.6. The zero-order valence-corrected chi connectivity index (χ0v) is 24.8. The number of thioether (sulfide) groups is 1. The van der Waals surface area contributed by atoms with Crippen molar-refractivity contribution >= 4 is 34.5 Å². The van der Waals surface area contributed by atoms with Crippen molar-refractivity contribution in [3.63, 3.8) is 0 Å². The molecule has 42 heavy (non-hydrogen) atoms. The maximum Gasteiger partial charge on any atom is 0.262 e. The number of ether oxygens (including phenoxy) is 5. The number of rotatable bonds is 16. The molecule has 2 N–H and O–H groups in total. The second-order valence-corrected chi connectivity index (χ2v) is 10.4. The van der Waals surface area contributed by atoms with Gasteiger partial charge in [-0.2, -0.15) is 0 Å². The summed E-state index contributed by atoms with van der Waals surface area (Å²) in [4.78, 5) is 43.1. The van der Waals surface area contributed by atoms with Crippen LogP contribution in [-0.4, -0.2) is 74.9 Å². The van der Waals surface area contributed by atoms with Crippen LogP contribution >= 0.6 is 11.8 Å². The highest BCUT2D eigenvalue weighted by Gasteiger charge is 2.20. The molecular weight excluding hydrogens is 564 g/mol. The molecule has 0 saturated heterocycles. The van der Waals surface area contributed by atoms with Crippen LogP contribution in [0.5, 0.6) is 23.0 Å². The smallest absolute Gasteiger partial charge is 0.262 e. The van der Waals surface area contributed by atoms with E-state index in [1.54, 1.807) is 33.5 Å². The van der Waals surface area contributed by atoms with Gasteiger partial charge in [0, 0.05) is 45.8 Å². The maximum absolute atomic E-state index is 13.5. The molecule has 1 aliphatic heterocycles. The molecule has 226 valence electrons. The van der Waals surface area contributed by atoms with Crippen molar-refractivity contribution < 1.29 is 33.3 Å². The molecule has 0 bridgehead atoms. The van der Waals surface area contributed by atoms with Gasteiger partial charge in [0.2, 0.25) is 18.6 Å². The van der Waals surface area contributed by atoms with E-state index in [1.807, 2.05) is 18.2 Å². The fraction of sp³-hybridized carbons (Fsp3) is 0.448. The monoisotopic (exact) mass is 600 g/mol. The highest BCUT2D eigenvalue weighted by Crippen LogP contribution is 2.35. The molecule has 0 radical (unpaired) electrons. The summed E-state index contributed by atoms with van der Waals surface area (Å²) >= 11 is 1.17. The summed E-state index contributed by atoms with van der Waals surface area (Å²) < 4.78 is 28.0. The molecule has 0 aliphatic carbocycles. The molecule has 1 aromatic heterocycles. The number of amides is 2. The maximum atomic E-state index is 13.5. The van der Waals surface area contributed by atoms with Gasteiger partial charge in [-0.15, -0.1) is 0 Å². The van der Waals surface area contributed by atoms with Crippen molar-refractivity contribution in [2.24, 2.45) is 0 Å². The summed E-state index contributed by atoms with van der Waals surface area (Å²) in [6, 6.07) is 8.94. The van der Waals surface area contributed by atoms with Crippen molar-refractivity contribution in [1.29, 1.82) is 0 Å². The van der Waals surface area contributed by atoms with E-state index in [1.165, 1.54) is 16.3 Å². The summed E-state index contributed by atoms with van der Waals surface area (Å²) in [6.07, 6.45) is 1.97. The van der Waals surface area contributed by atoms with Crippen LogP contribution in [0.25, 0.3) is 10.9 Å². The summed E-state index contributed by atoms with van der Waals surface area (Å²) in [5.74, 6) is 2.08. The Morgan fingerprint density at radius 2 is 1.74 bits per heavy atom. The third-order valence-corrected chi connectivity index (χ3v) is 7.54. The SMILES string of the molecule is COCCCNC(=O)CSc1nc2cc3c(cc2c(=O)n1CCCC(=O)NCCc1ccc(OC)c(OC)c1)OCO3. The van der Waals surface area contributed by atoms with Gasteiger partial charge in [0.1, 0.15) is 0 Å². The number of hydrogen-bond donors (Lipinski definition) is 2. The Kier molecular flexibility index (Phi) is 11.3. The number of fused-ring (bicyclic) bond motifs is 2. The predicted molar refractivity (Wildman–Crippen MR) is 158 cm³/mol. The van der Waals surface area contributed by atoms with E-state index >= 15 is 0 Å². The van der Waals surface area contributed by atoms with E-state index < -0.39 is 0 Å². The van der Waals surface area contributed by atoms with E-state index in [0.29, 0.717) is 78.0 Å².